The number of alkyl halides is 3. The van der Waals surface area contributed by atoms with Gasteiger partial charge in [0.25, 0.3) is 5.56 Å². The summed E-state index contributed by atoms with van der Waals surface area (Å²) in [5.74, 6) is 0.615. The maximum atomic E-state index is 12.9. The van der Waals surface area contributed by atoms with E-state index in [-0.39, 0.29) is 10.7 Å². The second-order valence-electron chi connectivity index (χ2n) is 6.89. The Morgan fingerprint density at radius 3 is 2.67 bits per heavy atom. The van der Waals surface area contributed by atoms with Gasteiger partial charge >= 0.3 is 6.18 Å². The molecule has 9 heteroatoms. The van der Waals surface area contributed by atoms with E-state index in [1.54, 1.807) is 0 Å². The van der Waals surface area contributed by atoms with Crippen molar-refractivity contribution in [2.45, 2.75) is 25.1 Å². The maximum Gasteiger partial charge on any atom is 0.416 e. The zero-order chi connectivity index (χ0) is 19.8. The number of hydrogen-bond donors (Lipinski definition) is 1. The zero-order valence-corrected chi connectivity index (χ0v) is 15.7. The molecular weight excluding hydrogens is 381 g/mol. The van der Waals surface area contributed by atoms with Crippen molar-refractivity contribution in [2.24, 2.45) is 5.92 Å². The smallest absolute Gasteiger partial charge is 0.381 e. The number of hydrogen-bond acceptors (Lipinski definition) is 4. The van der Waals surface area contributed by atoms with E-state index in [2.05, 4.69) is 15.3 Å². The van der Waals surface area contributed by atoms with Crippen molar-refractivity contribution in [3.8, 4) is 5.69 Å². The largest absolute Gasteiger partial charge is 0.416 e. The predicted octanol–water partition coefficient (Wildman–Crippen LogP) is 3.66. The molecule has 146 valence electrons. The fraction of sp³-hybridized carbons (Fsp3) is 0.444. The highest BCUT2D eigenvalue weighted by molar-refractivity contribution is 6.32. The summed E-state index contributed by atoms with van der Waals surface area (Å²) in [5, 5.41) is 7.03. The minimum absolute atomic E-state index is 0.00687. The van der Waals surface area contributed by atoms with Gasteiger partial charge in [0.15, 0.2) is 0 Å². The Hall–Kier alpha value is -2.06. The molecule has 3 rings (SSSR count). The minimum atomic E-state index is -4.51. The van der Waals surface area contributed by atoms with Crippen LogP contribution in [0.25, 0.3) is 5.69 Å². The van der Waals surface area contributed by atoms with Crippen molar-refractivity contribution in [2.75, 3.05) is 26.0 Å². The van der Waals surface area contributed by atoms with E-state index in [0.29, 0.717) is 24.2 Å². The summed E-state index contributed by atoms with van der Waals surface area (Å²) in [4.78, 5) is 14.6. The Bertz CT molecular complexity index is 876. The highest BCUT2D eigenvalue weighted by Gasteiger charge is 2.33. The van der Waals surface area contributed by atoms with Gasteiger partial charge in [-0.2, -0.15) is 23.0 Å². The second kappa shape index (κ2) is 7.52. The molecule has 27 heavy (non-hydrogen) atoms. The summed E-state index contributed by atoms with van der Waals surface area (Å²) in [7, 11) is 3.99. The molecule has 0 bridgehead atoms. The monoisotopic (exact) mass is 400 g/mol. The van der Waals surface area contributed by atoms with Crippen LogP contribution in [0.3, 0.4) is 0 Å². The van der Waals surface area contributed by atoms with Crippen LogP contribution in [0.15, 0.2) is 35.3 Å². The number of anilines is 1. The van der Waals surface area contributed by atoms with Crippen LogP contribution in [-0.2, 0) is 6.18 Å². The van der Waals surface area contributed by atoms with Crippen molar-refractivity contribution >= 4 is 17.3 Å². The molecule has 5 nitrogen and oxygen atoms in total. The maximum absolute atomic E-state index is 12.9. The molecule has 0 aliphatic heterocycles. The van der Waals surface area contributed by atoms with Gasteiger partial charge in [-0.25, -0.2) is 0 Å². The Kier molecular flexibility index (Phi) is 5.48. The molecule has 0 amide bonds. The van der Waals surface area contributed by atoms with Gasteiger partial charge in [-0.3, -0.25) is 4.79 Å². The van der Waals surface area contributed by atoms with Crippen LogP contribution in [0.4, 0.5) is 18.9 Å². The molecule has 2 aromatic rings. The first-order valence-electron chi connectivity index (χ1n) is 8.54. The number of benzene rings is 1. The summed E-state index contributed by atoms with van der Waals surface area (Å²) >= 11 is 6.16. The van der Waals surface area contributed by atoms with E-state index in [4.69, 9.17) is 11.6 Å². The van der Waals surface area contributed by atoms with Gasteiger partial charge in [0.05, 0.1) is 23.1 Å². The minimum Gasteiger partial charge on any atom is -0.381 e. The lowest BCUT2D eigenvalue weighted by Crippen LogP contribution is -2.36. The normalized spacial score (nSPS) is 15.8. The van der Waals surface area contributed by atoms with E-state index in [1.165, 1.54) is 31.2 Å². The summed E-state index contributed by atoms with van der Waals surface area (Å²) in [5.41, 5.74) is -1.15. The highest BCUT2D eigenvalue weighted by atomic mass is 35.5. The van der Waals surface area contributed by atoms with E-state index in [9.17, 15) is 18.0 Å². The fourth-order valence-corrected chi connectivity index (χ4v) is 3.22. The first-order valence-corrected chi connectivity index (χ1v) is 8.92. The quantitative estimate of drug-likeness (QED) is 0.804. The molecule has 0 saturated heterocycles. The van der Waals surface area contributed by atoms with Gasteiger partial charge in [0.2, 0.25) is 0 Å². The lowest BCUT2D eigenvalue weighted by atomic mass is 10.1. The van der Waals surface area contributed by atoms with Crippen LogP contribution in [0.2, 0.25) is 5.02 Å². The summed E-state index contributed by atoms with van der Waals surface area (Å²) in [6.07, 6.45) is -0.792. The number of halogens is 4. The Balaban J connectivity index is 1.84. The topological polar surface area (TPSA) is 50.2 Å². The molecule has 1 N–H and O–H groups in total. The lowest BCUT2D eigenvalue weighted by Gasteiger charge is -2.25. The molecule has 1 heterocycles. The summed E-state index contributed by atoms with van der Waals surface area (Å²) in [6.45, 7) is 0.603. The summed E-state index contributed by atoms with van der Waals surface area (Å²) in [6, 6.07) is 4.72. The molecule has 1 aromatic carbocycles. The first kappa shape index (κ1) is 19.7. The first-order chi connectivity index (χ1) is 12.7. The van der Waals surface area contributed by atoms with Crippen LogP contribution in [-0.4, -0.2) is 41.4 Å². The van der Waals surface area contributed by atoms with Crippen molar-refractivity contribution in [3.63, 3.8) is 0 Å². The van der Waals surface area contributed by atoms with Crippen LogP contribution in [0.5, 0.6) is 0 Å². The van der Waals surface area contributed by atoms with Crippen molar-refractivity contribution in [1.29, 1.82) is 0 Å². The molecule has 1 aromatic heterocycles. The molecule has 1 atom stereocenters. The molecule has 1 aliphatic rings. The average molecular weight is 401 g/mol. The Morgan fingerprint density at radius 2 is 2.07 bits per heavy atom. The fourth-order valence-electron chi connectivity index (χ4n) is 3.02. The highest BCUT2D eigenvalue weighted by Crippen LogP contribution is 2.35. The van der Waals surface area contributed by atoms with E-state index >= 15 is 0 Å². The van der Waals surface area contributed by atoms with Gasteiger partial charge < -0.3 is 10.2 Å². The number of nitrogens with zero attached hydrogens (tertiary/aromatic N) is 3. The third-order valence-electron chi connectivity index (χ3n) is 4.67. The number of likely N-dealkylation sites (N-methyl/N-ethyl adjacent to an activating group) is 1. The Labute approximate surface area is 159 Å². The van der Waals surface area contributed by atoms with Gasteiger partial charge in [-0.05, 0) is 51.1 Å². The number of nitrogens with one attached hydrogen (secondary N) is 1. The van der Waals surface area contributed by atoms with E-state index in [0.717, 1.165) is 16.8 Å². The van der Waals surface area contributed by atoms with Gasteiger partial charge in [-0.15, -0.1) is 0 Å². The van der Waals surface area contributed by atoms with Crippen molar-refractivity contribution in [1.82, 2.24) is 14.7 Å². The van der Waals surface area contributed by atoms with E-state index in [1.807, 2.05) is 14.1 Å². The average Bonchev–Trinajstić information content (AvgIpc) is 3.43. The standard InChI is InChI=1S/C18H20ClF3N4O/c1-25(2)15(11-6-7-11)10-23-14-9-24-26(17(27)16(14)19)13-5-3-4-12(8-13)18(20,21)22/h3-5,8-9,11,15,23H,6-7,10H2,1-2H3. The van der Waals surface area contributed by atoms with Crippen LogP contribution < -0.4 is 10.9 Å². The van der Waals surface area contributed by atoms with Crippen LogP contribution in [0.1, 0.15) is 18.4 Å². The third kappa shape index (κ3) is 4.44. The molecular formula is C18H20ClF3N4O. The molecule has 1 fully saturated rings. The van der Waals surface area contributed by atoms with Gasteiger partial charge in [0, 0.05) is 12.6 Å². The molecule has 1 aliphatic carbocycles. The zero-order valence-electron chi connectivity index (χ0n) is 14.9. The Morgan fingerprint density at radius 1 is 1.37 bits per heavy atom. The number of aromatic nitrogens is 2. The van der Waals surface area contributed by atoms with Gasteiger partial charge in [-0.1, -0.05) is 17.7 Å². The molecule has 1 saturated carbocycles. The molecule has 0 radical (unpaired) electrons. The lowest BCUT2D eigenvalue weighted by molar-refractivity contribution is -0.137. The SMILES string of the molecule is CN(C)C(CNc1cnn(-c2cccc(C(F)(F)F)c2)c(=O)c1Cl)C1CC1. The number of rotatable bonds is 6. The van der Waals surface area contributed by atoms with Crippen LogP contribution in [0, 0.1) is 5.92 Å². The predicted molar refractivity (Wildman–Crippen MR) is 98.5 cm³/mol. The second-order valence-corrected chi connectivity index (χ2v) is 7.26. The van der Waals surface area contributed by atoms with Crippen molar-refractivity contribution in [3.05, 3.63) is 51.4 Å². The molecule has 1 unspecified atom stereocenters. The molecule has 0 spiro atoms. The third-order valence-corrected chi connectivity index (χ3v) is 5.03. The van der Waals surface area contributed by atoms with Crippen LogP contribution >= 0.6 is 11.6 Å². The van der Waals surface area contributed by atoms with E-state index < -0.39 is 17.3 Å². The van der Waals surface area contributed by atoms with Crippen molar-refractivity contribution < 1.29 is 13.2 Å². The summed E-state index contributed by atoms with van der Waals surface area (Å²) < 4.78 is 39.5. The van der Waals surface area contributed by atoms with Gasteiger partial charge in [0.1, 0.15) is 5.02 Å².